The quantitative estimate of drug-likeness (QED) is 0.643. The molecule has 0 radical (unpaired) electrons. The van der Waals surface area contributed by atoms with E-state index in [0.717, 1.165) is 0 Å². The summed E-state index contributed by atoms with van der Waals surface area (Å²) in [7, 11) is -3.28. The van der Waals surface area contributed by atoms with E-state index < -0.39 is 21.9 Å². The van der Waals surface area contributed by atoms with Gasteiger partial charge in [0.15, 0.2) is 0 Å². The maximum Gasteiger partial charge on any atom is 0.230 e. The molecule has 0 amide bonds. The zero-order valence-electron chi connectivity index (χ0n) is 15.7. The Labute approximate surface area is 176 Å². The maximum atomic E-state index is 13.7. The monoisotopic (exact) mass is 459 g/mol. The van der Waals surface area contributed by atoms with Crippen LogP contribution in [0.1, 0.15) is 22.3 Å². The number of aromatic hydroxyl groups is 1. The minimum atomic E-state index is -3.28. The van der Waals surface area contributed by atoms with Gasteiger partial charge in [-0.2, -0.15) is 8.82 Å². The predicted octanol–water partition coefficient (Wildman–Crippen LogP) is 2.26. The fourth-order valence-electron chi connectivity index (χ4n) is 3.53. The summed E-state index contributed by atoms with van der Waals surface area (Å²) in [4.78, 5) is 7.49. The summed E-state index contributed by atoms with van der Waals surface area (Å²) in [5.74, 6) is -0.0265. The third kappa shape index (κ3) is 3.84. The van der Waals surface area contributed by atoms with Crippen LogP contribution >= 0.6 is 22.9 Å². The molecule has 0 spiro atoms. The molecule has 1 N–H and O–H groups in total. The topological polar surface area (TPSA) is 91.0 Å². The van der Waals surface area contributed by atoms with Crippen LogP contribution in [0.2, 0.25) is 5.02 Å². The Morgan fingerprint density at radius 3 is 2.55 bits per heavy atom. The molecule has 12 heteroatoms. The van der Waals surface area contributed by atoms with Crippen LogP contribution in [0.5, 0.6) is 5.88 Å². The number of hydrogen-bond donors (Lipinski definition) is 1. The fraction of sp³-hybridized carbons (Fsp3) is 0.412. The molecule has 1 aromatic carbocycles. The number of halogens is 2. The lowest BCUT2D eigenvalue weighted by Gasteiger charge is -2.38. The Morgan fingerprint density at radius 2 is 1.97 bits per heavy atom. The second kappa shape index (κ2) is 7.47. The Balaban J connectivity index is 1.76. The van der Waals surface area contributed by atoms with Gasteiger partial charge in [0.05, 0.1) is 22.2 Å². The van der Waals surface area contributed by atoms with Crippen LogP contribution in [0.4, 0.5) is 4.39 Å². The van der Waals surface area contributed by atoms with Crippen LogP contribution in [-0.2, 0) is 10.0 Å². The van der Waals surface area contributed by atoms with Crippen molar-refractivity contribution < 1.29 is 17.9 Å². The van der Waals surface area contributed by atoms with Gasteiger partial charge in [0.25, 0.3) is 0 Å². The standard InChI is InChI=1S/C17H19ClFN5O3S2/c1-10-20-17-24(21-10)16(25)15(28-17)14(11-3-4-13(19)12(18)9-11)22-5-7-23(8-6-22)29(2,26)27/h3-4,9,14,25H,5-8H2,1-2H3/t14-/m1/s1. The molecule has 3 heterocycles. The van der Waals surface area contributed by atoms with Crippen molar-refractivity contribution in [2.45, 2.75) is 13.0 Å². The lowest BCUT2D eigenvalue weighted by molar-refractivity contribution is 0.156. The van der Waals surface area contributed by atoms with Gasteiger partial charge in [-0.3, -0.25) is 4.90 Å². The van der Waals surface area contributed by atoms with Gasteiger partial charge in [-0.1, -0.05) is 29.0 Å². The van der Waals surface area contributed by atoms with Crippen molar-refractivity contribution >= 4 is 37.9 Å². The number of nitrogens with zero attached hydrogens (tertiary/aromatic N) is 5. The van der Waals surface area contributed by atoms with Gasteiger partial charge >= 0.3 is 0 Å². The van der Waals surface area contributed by atoms with Gasteiger partial charge < -0.3 is 5.11 Å². The van der Waals surface area contributed by atoms with E-state index in [1.165, 1.54) is 38.5 Å². The average molecular weight is 460 g/mol. The van der Waals surface area contributed by atoms with E-state index in [-0.39, 0.29) is 10.9 Å². The molecular formula is C17H19ClFN5O3S2. The molecule has 1 aliphatic heterocycles. The van der Waals surface area contributed by atoms with E-state index in [2.05, 4.69) is 10.1 Å². The maximum absolute atomic E-state index is 13.7. The fourth-order valence-corrected chi connectivity index (χ4v) is 5.71. The highest BCUT2D eigenvalue weighted by Gasteiger charge is 2.33. The lowest BCUT2D eigenvalue weighted by Crippen LogP contribution is -2.49. The van der Waals surface area contributed by atoms with Crippen molar-refractivity contribution in [1.29, 1.82) is 0 Å². The first-order valence-corrected chi connectivity index (χ1v) is 11.9. The number of aromatic nitrogens is 3. The molecule has 29 heavy (non-hydrogen) atoms. The van der Waals surface area contributed by atoms with E-state index in [9.17, 15) is 17.9 Å². The molecule has 4 rings (SSSR count). The van der Waals surface area contributed by atoms with Crippen LogP contribution in [0, 0.1) is 12.7 Å². The summed E-state index contributed by atoms with van der Waals surface area (Å²) in [5, 5.41) is 15.0. The van der Waals surface area contributed by atoms with Crippen molar-refractivity contribution in [1.82, 2.24) is 23.8 Å². The van der Waals surface area contributed by atoms with Gasteiger partial charge in [-0.15, -0.1) is 5.10 Å². The van der Waals surface area contributed by atoms with Gasteiger partial charge in [-0.25, -0.2) is 17.8 Å². The summed E-state index contributed by atoms with van der Waals surface area (Å²) < 4.78 is 40.2. The SMILES string of the molecule is Cc1nc2sc([C@@H](c3ccc(F)c(Cl)c3)N3CCN(S(C)(=O)=O)CC3)c(O)n2n1. The van der Waals surface area contributed by atoms with Crippen molar-refractivity contribution in [3.05, 3.63) is 45.3 Å². The zero-order chi connectivity index (χ0) is 20.9. The highest BCUT2D eigenvalue weighted by atomic mass is 35.5. The summed E-state index contributed by atoms with van der Waals surface area (Å²) in [6, 6.07) is 4.00. The third-order valence-corrected chi connectivity index (χ3v) is 7.59. The largest absolute Gasteiger partial charge is 0.492 e. The molecular weight excluding hydrogens is 441 g/mol. The molecule has 1 aliphatic rings. The molecule has 3 aromatic rings. The molecule has 0 aliphatic carbocycles. The normalized spacial score (nSPS) is 17.8. The van der Waals surface area contributed by atoms with Crippen molar-refractivity contribution in [3.63, 3.8) is 0 Å². The first kappa shape index (κ1) is 20.5. The number of fused-ring (bicyclic) bond motifs is 1. The molecule has 156 valence electrons. The van der Waals surface area contributed by atoms with E-state index in [1.807, 2.05) is 4.90 Å². The van der Waals surface area contributed by atoms with Gasteiger partial charge in [0, 0.05) is 26.2 Å². The van der Waals surface area contributed by atoms with E-state index in [1.54, 1.807) is 13.0 Å². The summed E-state index contributed by atoms with van der Waals surface area (Å²) in [5.41, 5.74) is 0.695. The molecule has 1 atom stereocenters. The van der Waals surface area contributed by atoms with Crippen molar-refractivity contribution in [3.8, 4) is 5.88 Å². The molecule has 0 saturated carbocycles. The number of sulfonamides is 1. The van der Waals surface area contributed by atoms with E-state index in [0.29, 0.717) is 47.4 Å². The van der Waals surface area contributed by atoms with Gasteiger partial charge in [0.1, 0.15) is 11.6 Å². The third-order valence-electron chi connectivity index (χ3n) is 4.92. The predicted molar refractivity (Wildman–Crippen MR) is 109 cm³/mol. The Bertz CT molecular complexity index is 1170. The van der Waals surface area contributed by atoms with Crippen LogP contribution in [0.15, 0.2) is 18.2 Å². The number of rotatable bonds is 4. The van der Waals surface area contributed by atoms with Crippen LogP contribution in [0.25, 0.3) is 4.96 Å². The zero-order valence-corrected chi connectivity index (χ0v) is 18.1. The van der Waals surface area contributed by atoms with Crippen LogP contribution in [0.3, 0.4) is 0 Å². The van der Waals surface area contributed by atoms with Crippen molar-refractivity contribution in [2.24, 2.45) is 0 Å². The molecule has 1 fully saturated rings. The van der Waals surface area contributed by atoms with Crippen LogP contribution < -0.4 is 0 Å². The number of benzene rings is 1. The lowest BCUT2D eigenvalue weighted by atomic mass is 10.0. The smallest absolute Gasteiger partial charge is 0.230 e. The highest BCUT2D eigenvalue weighted by Crippen LogP contribution is 2.41. The molecule has 8 nitrogen and oxygen atoms in total. The second-order valence-electron chi connectivity index (χ2n) is 6.92. The van der Waals surface area contributed by atoms with Crippen LogP contribution in [-0.4, -0.2) is 69.8 Å². The summed E-state index contributed by atoms with van der Waals surface area (Å²) >= 11 is 7.30. The molecule has 0 unspecified atom stereocenters. The Kier molecular flexibility index (Phi) is 5.28. The summed E-state index contributed by atoms with van der Waals surface area (Å²) in [6.07, 6.45) is 1.19. The molecule has 2 aromatic heterocycles. The summed E-state index contributed by atoms with van der Waals surface area (Å²) in [6.45, 7) is 3.27. The first-order valence-electron chi connectivity index (χ1n) is 8.84. The first-order chi connectivity index (χ1) is 13.6. The van der Waals surface area contributed by atoms with Gasteiger partial charge in [-0.05, 0) is 24.6 Å². The van der Waals surface area contributed by atoms with E-state index >= 15 is 0 Å². The second-order valence-corrected chi connectivity index (χ2v) is 10.3. The van der Waals surface area contributed by atoms with E-state index in [4.69, 9.17) is 11.6 Å². The highest BCUT2D eigenvalue weighted by molar-refractivity contribution is 7.88. The number of hydrogen-bond acceptors (Lipinski definition) is 7. The number of aryl methyl sites for hydroxylation is 1. The molecule has 0 bridgehead atoms. The minimum absolute atomic E-state index is 0.0166. The average Bonchev–Trinajstić information content (AvgIpc) is 3.16. The Morgan fingerprint density at radius 1 is 1.28 bits per heavy atom. The van der Waals surface area contributed by atoms with Gasteiger partial charge in [0.2, 0.25) is 20.9 Å². The minimum Gasteiger partial charge on any atom is -0.492 e. The number of piperazine rings is 1. The van der Waals surface area contributed by atoms with Crippen molar-refractivity contribution in [2.75, 3.05) is 32.4 Å². The Hall–Kier alpha value is -1.79. The molecule has 1 saturated heterocycles. The number of thiazole rings is 1.